The predicted octanol–water partition coefficient (Wildman–Crippen LogP) is 0.525. The maximum Gasteiger partial charge on any atom is 0.340 e. The zero-order valence-corrected chi connectivity index (χ0v) is 7.69. The maximum absolute atomic E-state index is 10.7. The van der Waals surface area contributed by atoms with Crippen LogP contribution < -0.4 is 5.32 Å². The van der Waals surface area contributed by atoms with Crippen LogP contribution in [0.3, 0.4) is 0 Å². The molecular weight excluding hydrogens is 184 g/mol. The molecule has 1 unspecified atom stereocenters. The molecule has 0 bridgehead atoms. The largest absolute Gasteiger partial charge is 0.478 e. The Morgan fingerprint density at radius 2 is 2.64 bits per heavy atom. The van der Waals surface area contributed by atoms with E-state index in [9.17, 15) is 4.79 Å². The number of carboxylic acids is 1. The molecule has 0 saturated carbocycles. The molecule has 2 rings (SSSR count). The molecule has 1 aliphatic rings. The monoisotopic (exact) mass is 196 g/mol. The molecule has 1 fully saturated rings. The number of nitrogens with zero attached hydrogens (tertiary/aromatic N) is 1. The maximum atomic E-state index is 10.7. The van der Waals surface area contributed by atoms with Crippen LogP contribution >= 0.6 is 0 Å². The van der Waals surface area contributed by atoms with E-state index in [0.717, 1.165) is 19.5 Å². The van der Waals surface area contributed by atoms with Crippen molar-refractivity contribution in [1.29, 1.82) is 0 Å². The Kier molecular flexibility index (Phi) is 2.49. The zero-order chi connectivity index (χ0) is 9.97. The van der Waals surface area contributed by atoms with E-state index in [2.05, 4.69) is 10.5 Å². The Labute approximate surface area is 81.1 Å². The lowest BCUT2D eigenvalue weighted by atomic mass is 10.0. The van der Waals surface area contributed by atoms with Crippen LogP contribution in [0.1, 0.15) is 22.5 Å². The number of hydrogen-bond acceptors (Lipinski definition) is 4. The van der Waals surface area contributed by atoms with Crippen molar-refractivity contribution in [2.24, 2.45) is 5.92 Å². The summed E-state index contributed by atoms with van der Waals surface area (Å²) in [5.41, 5.74) is 0.192. The first kappa shape index (κ1) is 9.21. The highest BCUT2D eigenvalue weighted by molar-refractivity contribution is 5.88. The quantitative estimate of drug-likeness (QED) is 0.737. The van der Waals surface area contributed by atoms with Crippen LogP contribution in [0.4, 0.5) is 0 Å². The number of aromatic nitrogens is 1. The van der Waals surface area contributed by atoms with Gasteiger partial charge in [0.25, 0.3) is 0 Å². The second-order valence-electron chi connectivity index (χ2n) is 3.53. The highest BCUT2D eigenvalue weighted by Gasteiger charge is 2.21. The molecular formula is C9H12N2O3. The van der Waals surface area contributed by atoms with Gasteiger partial charge in [0, 0.05) is 6.42 Å². The summed E-state index contributed by atoms with van der Waals surface area (Å²) in [6.07, 6.45) is 2.99. The van der Waals surface area contributed by atoms with Crippen molar-refractivity contribution < 1.29 is 14.4 Å². The minimum atomic E-state index is -0.966. The fraction of sp³-hybridized carbons (Fsp3) is 0.556. The number of nitrogens with one attached hydrogen (secondary N) is 1. The molecule has 1 aromatic heterocycles. The summed E-state index contributed by atoms with van der Waals surface area (Å²) in [5, 5.41) is 15.5. The molecule has 1 saturated heterocycles. The van der Waals surface area contributed by atoms with Crippen molar-refractivity contribution in [3.63, 3.8) is 0 Å². The van der Waals surface area contributed by atoms with E-state index in [4.69, 9.17) is 9.63 Å². The minimum Gasteiger partial charge on any atom is -0.478 e. The van der Waals surface area contributed by atoms with Gasteiger partial charge in [0.05, 0.1) is 6.20 Å². The van der Waals surface area contributed by atoms with Crippen molar-refractivity contribution in [2.75, 3.05) is 13.1 Å². The van der Waals surface area contributed by atoms with Gasteiger partial charge < -0.3 is 14.9 Å². The second-order valence-corrected chi connectivity index (χ2v) is 3.53. The molecule has 1 atom stereocenters. The number of carbonyl (C=O) groups is 1. The van der Waals surface area contributed by atoms with Gasteiger partial charge in [-0.05, 0) is 25.4 Å². The van der Waals surface area contributed by atoms with Crippen LogP contribution in [-0.2, 0) is 6.42 Å². The van der Waals surface area contributed by atoms with Crippen molar-refractivity contribution >= 4 is 5.97 Å². The third-order valence-electron chi connectivity index (χ3n) is 2.51. The lowest BCUT2D eigenvalue weighted by Crippen LogP contribution is -2.11. The molecule has 5 heteroatoms. The summed E-state index contributed by atoms with van der Waals surface area (Å²) in [4.78, 5) is 10.7. The van der Waals surface area contributed by atoms with E-state index in [1.165, 1.54) is 6.20 Å². The van der Waals surface area contributed by atoms with Gasteiger partial charge in [0.2, 0.25) is 0 Å². The van der Waals surface area contributed by atoms with Gasteiger partial charge in [-0.25, -0.2) is 4.79 Å². The third-order valence-corrected chi connectivity index (χ3v) is 2.51. The van der Waals surface area contributed by atoms with E-state index >= 15 is 0 Å². The van der Waals surface area contributed by atoms with Gasteiger partial charge in [-0.2, -0.15) is 0 Å². The molecule has 0 aromatic carbocycles. The Morgan fingerprint density at radius 1 is 1.79 bits per heavy atom. The van der Waals surface area contributed by atoms with E-state index in [1.807, 2.05) is 0 Å². The first-order valence-electron chi connectivity index (χ1n) is 4.65. The fourth-order valence-electron chi connectivity index (χ4n) is 1.74. The highest BCUT2D eigenvalue weighted by atomic mass is 16.5. The van der Waals surface area contributed by atoms with Gasteiger partial charge in [-0.1, -0.05) is 5.16 Å². The molecule has 0 spiro atoms. The van der Waals surface area contributed by atoms with Crippen LogP contribution in [0.5, 0.6) is 0 Å². The Balaban J connectivity index is 2.07. The molecule has 0 radical (unpaired) electrons. The summed E-state index contributed by atoms with van der Waals surface area (Å²) < 4.78 is 4.93. The summed E-state index contributed by atoms with van der Waals surface area (Å²) in [6.45, 7) is 1.93. The first-order valence-corrected chi connectivity index (χ1v) is 4.65. The zero-order valence-electron chi connectivity index (χ0n) is 7.69. The Morgan fingerprint density at radius 3 is 3.29 bits per heavy atom. The number of aromatic carboxylic acids is 1. The van der Waals surface area contributed by atoms with Gasteiger partial charge in [-0.15, -0.1) is 0 Å². The molecule has 2 N–H and O–H groups in total. The minimum absolute atomic E-state index is 0.192. The molecule has 14 heavy (non-hydrogen) atoms. The molecule has 5 nitrogen and oxygen atoms in total. The molecule has 0 aliphatic carbocycles. The Hall–Kier alpha value is -1.36. The molecule has 76 valence electrons. The summed E-state index contributed by atoms with van der Waals surface area (Å²) >= 11 is 0. The van der Waals surface area contributed by atoms with Crippen molar-refractivity contribution in [3.8, 4) is 0 Å². The van der Waals surface area contributed by atoms with E-state index in [-0.39, 0.29) is 5.56 Å². The van der Waals surface area contributed by atoms with Crippen LogP contribution in [-0.4, -0.2) is 29.3 Å². The summed E-state index contributed by atoms with van der Waals surface area (Å²) in [5.74, 6) is -0.000504. The average Bonchev–Trinajstić information content (AvgIpc) is 2.75. The van der Waals surface area contributed by atoms with Gasteiger partial charge in [-0.3, -0.25) is 0 Å². The molecule has 2 heterocycles. The van der Waals surface area contributed by atoms with Crippen molar-refractivity contribution in [1.82, 2.24) is 10.5 Å². The predicted molar refractivity (Wildman–Crippen MR) is 48.1 cm³/mol. The van der Waals surface area contributed by atoms with Gasteiger partial charge in [0.15, 0.2) is 5.76 Å². The standard InChI is InChI=1S/C9H12N2O3/c12-9(13)7-5-11-14-8(7)3-6-1-2-10-4-6/h5-6,10H,1-4H2,(H,12,13). The number of carboxylic acid groups (broad SMARTS) is 1. The molecule has 0 amide bonds. The van der Waals surface area contributed by atoms with Gasteiger partial charge in [0.1, 0.15) is 5.56 Å². The van der Waals surface area contributed by atoms with Crippen LogP contribution in [0.25, 0.3) is 0 Å². The lowest BCUT2D eigenvalue weighted by molar-refractivity contribution is 0.0694. The van der Waals surface area contributed by atoms with Crippen molar-refractivity contribution in [3.05, 3.63) is 17.5 Å². The third kappa shape index (κ3) is 1.77. The normalized spacial score (nSPS) is 21.3. The number of hydrogen-bond donors (Lipinski definition) is 2. The van der Waals surface area contributed by atoms with Crippen LogP contribution in [0.2, 0.25) is 0 Å². The highest BCUT2D eigenvalue weighted by Crippen LogP contribution is 2.17. The molecule has 1 aliphatic heterocycles. The first-order chi connectivity index (χ1) is 6.77. The Bertz CT molecular complexity index is 329. The molecule has 1 aromatic rings. The average molecular weight is 196 g/mol. The van der Waals surface area contributed by atoms with Crippen LogP contribution in [0.15, 0.2) is 10.7 Å². The summed E-state index contributed by atoms with van der Waals surface area (Å²) in [7, 11) is 0. The van der Waals surface area contributed by atoms with E-state index < -0.39 is 5.97 Å². The lowest BCUT2D eigenvalue weighted by Gasteiger charge is -2.04. The van der Waals surface area contributed by atoms with E-state index in [0.29, 0.717) is 18.1 Å². The SMILES string of the molecule is O=C(O)c1cnoc1CC1CCNC1. The number of rotatable bonds is 3. The fourth-order valence-corrected chi connectivity index (χ4v) is 1.74. The van der Waals surface area contributed by atoms with E-state index in [1.54, 1.807) is 0 Å². The second kappa shape index (κ2) is 3.79. The van der Waals surface area contributed by atoms with Gasteiger partial charge >= 0.3 is 5.97 Å². The topological polar surface area (TPSA) is 75.4 Å². The summed E-state index contributed by atoms with van der Waals surface area (Å²) in [6, 6.07) is 0. The van der Waals surface area contributed by atoms with Crippen LogP contribution in [0, 0.1) is 5.92 Å². The smallest absolute Gasteiger partial charge is 0.340 e. The van der Waals surface area contributed by atoms with Crippen molar-refractivity contribution in [2.45, 2.75) is 12.8 Å².